The van der Waals surface area contributed by atoms with E-state index in [1.807, 2.05) is 36.4 Å². The molecule has 2 rings (SSSR count). The molecule has 0 aliphatic rings. The summed E-state index contributed by atoms with van der Waals surface area (Å²) in [5.41, 5.74) is 2.40. The Morgan fingerprint density at radius 2 is 1.70 bits per heavy atom. The SMILES string of the molecule is CCN(CCc1ccccc1)CC(=O)NCCc1ccc(OC)c(OC)c1. The molecule has 0 atom stereocenters. The van der Waals surface area contributed by atoms with Crippen molar-refractivity contribution in [1.82, 2.24) is 10.2 Å². The number of ether oxygens (including phenoxy) is 2. The van der Waals surface area contributed by atoms with E-state index in [0.29, 0.717) is 24.6 Å². The quantitative estimate of drug-likeness (QED) is 0.661. The highest BCUT2D eigenvalue weighted by Gasteiger charge is 2.09. The minimum Gasteiger partial charge on any atom is -0.493 e. The topological polar surface area (TPSA) is 50.8 Å². The lowest BCUT2D eigenvalue weighted by Gasteiger charge is -2.20. The number of carbonyl (C=O) groups excluding carboxylic acids is 1. The monoisotopic (exact) mass is 370 g/mol. The fourth-order valence-electron chi connectivity index (χ4n) is 2.92. The largest absolute Gasteiger partial charge is 0.493 e. The second-order valence-corrected chi connectivity index (χ2v) is 6.39. The van der Waals surface area contributed by atoms with Crippen molar-refractivity contribution in [3.63, 3.8) is 0 Å². The van der Waals surface area contributed by atoms with Crippen LogP contribution in [0.2, 0.25) is 0 Å². The number of benzene rings is 2. The predicted octanol–water partition coefficient (Wildman–Crippen LogP) is 2.93. The normalized spacial score (nSPS) is 10.7. The molecule has 5 heteroatoms. The minimum atomic E-state index is 0.0605. The first-order chi connectivity index (χ1) is 13.2. The van der Waals surface area contributed by atoms with E-state index in [0.717, 1.165) is 31.5 Å². The van der Waals surface area contributed by atoms with Gasteiger partial charge in [0.1, 0.15) is 0 Å². The molecule has 0 saturated heterocycles. The maximum atomic E-state index is 12.2. The first-order valence-corrected chi connectivity index (χ1v) is 9.40. The highest BCUT2D eigenvalue weighted by atomic mass is 16.5. The molecule has 5 nitrogen and oxygen atoms in total. The molecule has 0 unspecified atom stereocenters. The zero-order valence-corrected chi connectivity index (χ0v) is 16.5. The molecule has 1 amide bonds. The number of carbonyl (C=O) groups is 1. The zero-order valence-electron chi connectivity index (χ0n) is 16.5. The van der Waals surface area contributed by atoms with Crippen LogP contribution in [0.4, 0.5) is 0 Å². The molecule has 0 heterocycles. The summed E-state index contributed by atoms with van der Waals surface area (Å²) in [7, 11) is 3.24. The van der Waals surface area contributed by atoms with Crippen LogP contribution in [0.15, 0.2) is 48.5 Å². The number of hydrogen-bond acceptors (Lipinski definition) is 4. The van der Waals surface area contributed by atoms with Crippen LogP contribution in [0.1, 0.15) is 18.1 Å². The standard InChI is InChI=1S/C22H30N2O3/c1-4-24(15-13-18-8-6-5-7-9-18)17-22(25)23-14-12-19-10-11-20(26-2)21(16-19)27-3/h5-11,16H,4,12-15,17H2,1-3H3,(H,23,25). The molecule has 0 bridgehead atoms. The van der Waals surface area contributed by atoms with Gasteiger partial charge in [0.05, 0.1) is 20.8 Å². The Bertz CT molecular complexity index is 704. The number of likely N-dealkylation sites (N-methyl/N-ethyl adjacent to an activating group) is 1. The molecule has 0 aromatic heterocycles. The summed E-state index contributed by atoms with van der Waals surface area (Å²) in [6, 6.07) is 16.2. The molecule has 0 fully saturated rings. The van der Waals surface area contributed by atoms with E-state index in [-0.39, 0.29) is 5.91 Å². The van der Waals surface area contributed by atoms with Gasteiger partial charge in [-0.2, -0.15) is 0 Å². The first kappa shape index (κ1) is 20.8. The Morgan fingerprint density at radius 1 is 0.963 bits per heavy atom. The molecule has 0 spiro atoms. The number of methoxy groups -OCH3 is 2. The van der Waals surface area contributed by atoms with Crippen LogP contribution in [-0.2, 0) is 17.6 Å². The third-order valence-electron chi connectivity index (χ3n) is 4.56. The Balaban J connectivity index is 1.74. The highest BCUT2D eigenvalue weighted by molar-refractivity contribution is 5.78. The third-order valence-corrected chi connectivity index (χ3v) is 4.56. The van der Waals surface area contributed by atoms with Crippen molar-refractivity contribution in [3.05, 3.63) is 59.7 Å². The van der Waals surface area contributed by atoms with Gasteiger partial charge < -0.3 is 14.8 Å². The van der Waals surface area contributed by atoms with E-state index in [2.05, 4.69) is 29.3 Å². The lowest BCUT2D eigenvalue weighted by atomic mass is 10.1. The van der Waals surface area contributed by atoms with Crippen molar-refractivity contribution in [2.45, 2.75) is 19.8 Å². The van der Waals surface area contributed by atoms with Crippen molar-refractivity contribution in [2.75, 3.05) is 40.4 Å². The van der Waals surface area contributed by atoms with Gasteiger partial charge in [0.25, 0.3) is 0 Å². The lowest BCUT2D eigenvalue weighted by molar-refractivity contribution is -0.122. The van der Waals surface area contributed by atoms with E-state index in [4.69, 9.17) is 9.47 Å². The van der Waals surface area contributed by atoms with E-state index in [9.17, 15) is 4.79 Å². The Labute approximate surface area is 162 Å². The van der Waals surface area contributed by atoms with Crippen molar-refractivity contribution >= 4 is 5.91 Å². The maximum Gasteiger partial charge on any atom is 0.234 e. The zero-order chi connectivity index (χ0) is 19.5. The van der Waals surface area contributed by atoms with Crippen LogP contribution in [0, 0.1) is 0 Å². The summed E-state index contributed by atoms with van der Waals surface area (Å²) in [5, 5.41) is 3.01. The Hall–Kier alpha value is -2.53. The van der Waals surface area contributed by atoms with Gasteiger partial charge in [-0.1, -0.05) is 43.3 Å². The maximum absolute atomic E-state index is 12.2. The van der Waals surface area contributed by atoms with Gasteiger partial charge in [-0.05, 0) is 42.6 Å². The molecular formula is C22H30N2O3. The Kier molecular flexibility index (Phi) is 8.65. The second kappa shape index (κ2) is 11.2. The molecule has 27 heavy (non-hydrogen) atoms. The van der Waals surface area contributed by atoms with Crippen LogP contribution in [-0.4, -0.2) is 51.2 Å². The fraction of sp³-hybridized carbons (Fsp3) is 0.409. The first-order valence-electron chi connectivity index (χ1n) is 9.40. The van der Waals surface area contributed by atoms with E-state index < -0.39 is 0 Å². The van der Waals surface area contributed by atoms with Gasteiger partial charge in [-0.15, -0.1) is 0 Å². The summed E-state index contributed by atoms with van der Waals surface area (Å²) in [6.45, 7) is 4.85. The fourth-order valence-corrected chi connectivity index (χ4v) is 2.92. The molecule has 146 valence electrons. The van der Waals surface area contributed by atoms with Gasteiger partial charge in [0.15, 0.2) is 11.5 Å². The van der Waals surface area contributed by atoms with Gasteiger partial charge in [0.2, 0.25) is 5.91 Å². The van der Waals surface area contributed by atoms with Gasteiger partial charge in [-0.25, -0.2) is 0 Å². The van der Waals surface area contributed by atoms with Crippen LogP contribution in [0.25, 0.3) is 0 Å². The van der Waals surface area contributed by atoms with E-state index >= 15 is 0 Å². The van der Waals surface area contributed by atoms with Crippen LogP contribution >= 0.6 is 0 Å². The van der Waals surface area contributed by atoms with Crippen molar-refractivity contribution in [1.29, 1.82) is 0 Å². The molecule has 0 radical (unpaired) electrons. The number of nitrogens with one attached hydrogen (secondary N) is 1. The van der Waals surface area contributed by atoms with Crippen molar-refractivity contribution in [2.24, 2.45) is 0 Å². The smallest absolute Gasteiger partial charge is 0.234 e. The highest BCUT2D eigenvalue weighted by Crippen LogP contribution is 2.27. The van der Waals surface area contributed by atoms with Crippen LogP contribution in [0.5, 0.6) is 11.5 Å². The molecular weight excluding hydrogens is 340 g/mol. The second-order valence-electron chi connectivity index (χ2n) is 6.39. The van der Waals surface area contributed by atoms with Crippen LogP contribution in [0.3, 0.4) is 0 Å². The lowest BCUT2D eigenvalue weighted by Crippen LogP contribution is -2.38. The molecule has 0 aliphatic heterocycles. The summed E-state index contributed by atoms with van der Waals surface area (Å²) >= 11 is 0. The number of rotatable bonds is 11. The third kappa shape index (κ3) is 6.94. The average molecular weight is 370 g/mol. The average Bonchev–Trinajstić information content (AvgIpc) is 2.71. The van der Waals surface area contributed by atoms with Crippen molar-refractivity contribution in [3.8, 4) is 11.5 Å². The van der Waals surface area contributed by atoms with Crippen molar-refractivity contribution < 1.29 is 14.3 Å². The van der Waals surface area contributed by atoms with Crippen LogP contribution < -0.4 is 14.8 Å². The Morgan fingerprint density at radius 3 is 2.37 bits per heavy atom. The number of amides is 1. The summed E-state index contributed by atoms with van der Waals surface area (Å²) in [4.78, 5) is 14.4. The summed E-state index contributed by atoms with van der Waals surface area (Å²) < 4.78 is 10.6. The van der Waals surface area contributed by atoms with Gasteiger partial charge in [0, 0.05) is 13.1 Å². The molecule has 2 aromatic rings. The van der Waals surface area contributed by atoms with Gasteiger partial charge in [-0.3, -0.25) is 9.69 Å². The van der Waals surface area contributed by atoms with Gasteiger partial charge >= 0.3 is 0 Å². The molecule has 0 aliphatic carbocycles. The predicted molar refractivity (Wildman–Crippen MR) is 109 cm³/mol. The number of nitrogens with zero attached hydrogens (tertiary/aromatic N) is 1. The molecule has 0 saturated carbocycles. The minimum absolute atomic E-state index is 0.0605. The molecule has 1 N–H and O–H groups in total. The summed E-state index contributed by atoms with van der Waals surface area (Å²) in [6.07, 6.45) is 1.70. The molecule has 2 aromatic carbocycles. The van der Waals surface area contributed by atoms with E-state index in [1.165, 1.54) is 5.56 Å². The number of hydrogen-bond donors (Lipinski definition) is 1. The summed E-state index contributed by atoms with van der Waals surface area (Å²) in [5.74, 6) is 1.48. The van der Waals surface area contributed by atoms with E-state index in [1.54, 1.807) is 14.2 Å².